The van der Waals surface area contributed by atoms with Crippen molar-refractivity contribution in [3.63, 3.8) is 0 Å². The van der Waals surface area contributed by atoms with Gasteiger partial charge in [0.25, 0.3) is 0 Å². The molecule has 0 unspecified atom stereocenters. The third-order valence-corrected chi connectivity index (χ3v) is 1.86. The van der Waals surface area contributed by atoms with Crippen molar-refractivity contribution in [2.24, 2.45) is 5.84 Å². The van der Waals surface area contributed by atoms with E-state index in [1.54, 1.807) is 0 Å². The number of ether oxygens (including phenoxy) is 1. The van der Waals surface area contributed by atoms with Crippen molar-refractivity contribution in [2.45, 2.75) is 31.8 Å². The smallest absolute Gasteiger partial charge is 0.424 e. The highest BCUT2D eigenvalue weighted by Gasteiger charge is 2.19. The first-order valence-corrected chi connectivity index (χ1v) is 3.89. The Morgan fingerprint density at radius 3 is 2.55 bits per heavy atom. The molecule has 0 radical (unpaired) electrons. The summed E-state index contributed by atoms with van der Waals surface area (Å²) in [4.78, 5) is 10.9. The molecular weight excluding hydrogens is 144 g/mol. The Bertz CT molecular complexity index is 141. The zero-order valence-electron chi connectivity index (χ0n) is 6.75. The molecule has 0 aromatic carbocycles. The van der Waals surface area contributed by atoms with Gasteiger partial charge in [0.05, 0.1) is 0 Å². The fourth-order valence-corrected chi connectivity index (χ4v) is 1.23. The van der Waals surface area contributed by atoms with E-state index in [4.69, 9.17) is 10.6 Å². The van der Waals surface area contributed by atoms with Gasteiger partial charge in [-0.15, -0.1) is 0 Å². The van der Waals surface area contributed by atoms with Crippen LogP contribution < -0.4 is 5.84 Å². The van der Waals surface area contributed by atoms with Gasteiger partial charge in [-0.25, -0.2) is 15.6 Å². The summed E-state index contributed by atoms with van der Waals surface area (Å²) < 4.78 is 5.03. The molecule has 0 atom stereocenters. The summed E-state index contributed by atoms with van der Waals surface area (Å²) in [6.07, 6.45) is 3.96. The number of hydrazine groups is 1. The lowest BCUT2D eigenvalue weighted by molar-refractivity contribution is 0.0720. The number of carbonyl (C=O) groups is 1. The van der Waals surface area contributed by atoms with Crippen LogP contribution in [-0.4, -0.2) is 24.3 Å². The van der Waals surface area contributed by atoms with E-state index in [0.29, 0.717) is 0 Å². The first-order valence-electron chi connectivity index (χ1n) is 3.89. The second kappa shape index (κ2) is 3.57. The number of hydrogen-bond acceptors (Lipinski definition) is 3. The standard InChI is InChI=1S/C7H14N2O2/c1-9(8)7(10)11-6-4-2-3-5-6/h6H,2-5,8H2,1H3. The SMILES string of the molecule is CN(N)C(=O)OC1CCCC1. The topological polar surface area (TPSA) is 55.6 Å². The molecule has 1 fully saturated rings. The Morgan fingerprint density at radius 2 is 2.09 bits per heavy atom. The largest absolute Gasteiger partial charge is 0.445 e. The van der Waals surface area contributed by atoms with Crippen LogP contribution in [0.4, 0.5) is 4.79 Å². The Labute approximate surface area is 66.3 Å². The monoisotopic (exact) mass is 158 g/mol. The molecule has 0 spiro atoms. The van der Waals surface area contributed by atoms with Gasteiger partial charge in [-0.3, -0.25) is 0 Å². The Hall–Kier alpha value is -0.770. The number of carbonyl (C=O) groups excluding carboxylic acids is 1. The zero-order chi connectivity index (χ0) is 8.27. The van der Waals surface area contributed by atoms with Crippen LogP contribution >= 0.6 is 0 Å². The van der Waals surface area contributed by atoms with Gasteiger partial charge < -0.3 is 4.74 Å². The van der Waals surface area contributed by atoms with Gasteiger partial charge in [0, 0.05) is 7.05 Å². The molecule has 0 aromatic heterocycles. The Morgan fingerprint density at radius 1 is 1.55 bits per heavy atom. The summed E-state index contributed by atoms with van der Waals surface area (Å²) in [5.74, 6) is 5.17. The molecule has 64 valence electrons. The van der Waals surface area contributed by atoms with Crippen LogP contribution in [0.1, 0.15) is 25.7 Å². The van der Waals surface area contributed by atoms with Gasteiger partial charge in [-0.2, -0.15) is 0 Å². The maximum atomic E-state index is 10.9. The Kier molecular flexibility index (Phi) is 2.70. The minimum Gasteiger partial charge on any atom is -0.445 e. The minimum absolute atomic E-state index is 0.105. The van der Waals surface area contributed by atoms with Crippen LogP contribution in [0.25, 0.3) is 0 Å². The average Bonchev–Trinajstić information content (AvgIpc) is 2.39. The third-order valence-electron chi connectivity index (χ3n) is 1.86. The van der Waals surface area contributed by atoms with E-state index >= 15 is 0 Å². The van der Waals surface area contributed by atoms with Crippen molar-refractivity contribution in [3.05, 3.63) is 0 Å². The fraction of sp³-hybridized carbons (Fsp3) is 0.857. The molecule has 0 saturated heterocycles. The van der Waals surface area contributed by atoms with Gasteiger partial charge in [0.15, 0.2) is 0 Å². The zero-order valence-corrected chi connectivity index (χ0v) is 6.75. The molecule has 11 heavy (non-hydrogen) atoms. The number of rotatable bonds is 1. The van der Waals surface area contributed by atoms with Crippen molar-refractivity contribution in [1.82, 2.24) is 5.01 Å². The average molecular weight is 158 g/mol. The second-order valence-corrected chi connectivity index (χ2v) is 2.90. The lowest BCUT2D eigenvalue weighted by atomic mass is 10.3. The van der Waals surface area contributed by atoms with Crippen LogP contribution in [-0.2, 0) is 4.74 Å². The molecule has 0 aliphatic heterocycles. The maximum Gasteiger partial charge on any atom is 0.424 e. The molecule has 2 N–H and O–H groups in total. The minimum atomic E-state index is -0.433. The molecule has 1 aliphatic rings. The first-order chi connectivity index (χ1) is 5.20. The van der Waals surface area contributed by atoms with E-state index < -0.39 is 6.09 Å². The summed E-state index contributed by atoms with van der Waals surface area (Å²) >= 11 is 0. The van der Waals surface area contributed by atoms with Crippen LogP contribution in [0.2, 0.25) is 0 Å². The van der Waals surface area contributed by atoms with Crippen molar-refractivity contribution >= 4 is 6.09 Å². The highest BCUT2D eigenvalue weighted by molar-refractivity contribution is 5.66. The van der Waals surface area contributed by atoms with Crippen LogP contribution in [0.3, 0.4) is 0 Å². The predicted molar refractivity (Wildman–Crippen MR) is 40.7 cm³/mol. The molecule has 1 aliphatic carbocycles. The van der Waals surface area contributed by atoms with Gasteiger partial charge >= 0.3 is 6.09 Å². The summed E-state index contributed by atoms with van der Waals surface area (Å²) in [6, 6.07) is 0. The fourth-order valence-electron chi connectivity index (χ4n) is 1.23. The lowest BCUT2D eigenvalue weighted by Gasteiger charge is -2.14. The maximum absolute atomic E-state index is 10.9. The molecule has 4 nitrogen and oxygen atoms in total. The molecule has 0 bridgehead atoms. The lowest BCUT2D eigenvalue weighted by Crippen LogP contribution is -2.35. The van der Waals surface area contributed by atoms with Crippen molar-refractivity contribution in [2.75, 3.05) is 7.05 Å². The van der Waals surface area contributed by atoms with E-state index in [0.717, 1.165) is 30.7 Å². The number of amides is 1. The summed E-state index contributed by atoms with van der Waals surface area (Å²) in [5.41, 5.74) is 0. The third kappa shape index (κ3) is 2.38. The quantitative estimate of drug-likeness (QED) is 0.350. The van der Waals surface area contributed by atoms with Crippen molar-refractivity contribution in [3.8, 4) is 0 Å². The van der Waals surface area contributed by atoms with Gasteiger partial charge in [0.1, 0.15) is 6.10 Å². The second-order valence-electron chi connectivity index (χ2n) is 2.90. The van der Waals surface area contributed by atoms with Crippen LogP contribution in [0, 0.1) is 0 Å². The summed E-state index contributed by atoms with van der Waals surface area (Å²) in [6.45, 7) is 0. The number of hydrogen-bond donors (Lipinski definition) is 1. The normalized spacial score (nSPS) is 18.4. The molecule has 0 heterocycles. The highest BCUT2D eigenvalue weighted by atomic mass is 16.6. The molecule has 0 aromatic rings. The highest BCUT2D eigenvalue weighted by Crippen LogP contribution is 2.21. The van der Waals surface area contributed by atoms with Crippen LogP contribution in [0.15, 0.2) is 0 Å². The van der Waals surface area contributed by atoms with Gasteiger partial charge in [-0.05, 0) is 25.7 Å². The summed E-state index contributed by atoms with van der Waals surface area (Å²) in [7, 11) is 1.48. The number of nitrogens with two attached hydrogens (primary N) is 1. The Balaban J connectivity index is 2.24. The van der Waals surface area contributed by atoms with Crippen LogP contribution in [0.5, 0.6) is 0 Å². The van der Waals surface area contributed by atoms with E-state index in [2.05, 4.69) is 0 Å². The van der Waals surface area contributed by atoms with Gasteiger partial charge in [0.2, 0.25) is 0 Å². The van der Waals surface area contributed by atoms with Gasteiger partial charge in [-0.1, -0.05) is 0 Å². The van der Waals surface area contributed by atoms with E-state index in [1.807, 2.05) is 0 Å². The molecule has 4 heteroatoms. The molecule has 1 rings (SSSR count). The summed E-state index contributed by atoms with van der Waals surface area (Å²) in [5, 5.41) is 0.971. The predicted octanol–water partition coefficient (Wildman–Crippen LogP) is 0.871. The number of nitrogens with zero attached hydrogens (tertiary/aromatic N) is 1. The van der Waals surface area contributed by atoms with E-state index in [9.17, 15) is 4.79 Å². The molecular formula is C7H14N2O2. The molecule has 1 amide bonds. The molecule has 1 saturated carbocycles. The van der Waals surface area contributed by atoms with E-state index in [1.165, 1.54) is 7.05 Å². The van der Waals surface area contributed by atoms with E-state index in [-0.39, 0.29) is 6.10 Å². The first kappa shape index (κ1) is 8.33. The van der Waals surface area contributed by atoms with Crippen molar-refractivity contribution in [1.29, 1.82) is 0 Å². The van der Waals surface area contributed by atoms with Crippen molar-refractivity contribution < 1.29 is 9.53 Å².